The molecule has 2 aromatic rings. The summed E-state index contributed by atoms with van der Waals surface area (Å²) >= 11 is 0. The summed E-state index contributed by atoms with van der Waals surface area (Å²) in [5.41, 5.74) is 2.65. The molecule has 0 bridgehead atoms. The standard InChI is InChI=1S/C17H19N3O3/c21-16(22)11-20-10-9-15(19-20)18-17(23)14-7-5-12-3-1-2-4-13(12)6-8-14/h1-4,9-10,14H,5-8,11H2,(H,21,22)(H,18,19,23). The van der Waals surface area contributed by atoms with E-state index in [1.165, 1.54) is 15.8 Å². The lowest BCUT2D eigenvalue weighted by molar-refractivity contribution is -0.137. The van der Waals surface area contributed by atoms with Gasteiger partial charge in [-0.3, -0.25) is 14.3 Å². The number of carboxylic acids is 1. The molecule has 0 spiro atoms. The van der Waals surface area contributed by atoms with Gasteiger partial charge in [0, 0.05) is 18.2 Å². The third kappa shape index (κ3) is 3.77. The Labute approximate surface area is 134 Å². The summed E-state index contributed by atoms with van der Waals surface area (Å²) in [4.78, 5) is 23.1. The molecule has 1 amide bonds. The van der Waals surface area contributed by atoms with Crippen molar-refractivity contribution in [3.8, 4) is 0 Å². The first-order valence-corrected chi connectivity index (χ1v) is 7.75. The fourth-order valence-corrected chi connectivity index (χ4v) is 2.99. The van der Waals surface area contributed by atoms with E-state index >= 15 is 0 Å². The molecular weight excluding hydrogens is 294 g/mol. The van der Waals surface area contributed by atoms with Crippen LogP contribution >= 0.6 is 0 Å². The van der Waals surface area contributed by atoms with E-state index in [1.807, 2.05) is 12.1 Å². The van der Waals surface area contributed by atoms with Crippen LogP contribution in [-0.2, 0) is 29.0 Å². The highest BCUT2D eigenvalue weighted by Crippen LogP contribution is 2.25. The molecule has 0 radical (unpaired) electrons. The van der Waals surface area contributed by atoms with Gasteiger partial charge in [0.15, 0.2) is 5.82 Å². The number of hydrogen-bond donors (Lipinski definition) is 2. The highest BCUT2D eigenvalue weighted by atomic mass is 16.4. The van der Waals surface area contributed by atoms with Crippen LogP contribution in [0.25, 0.3) is 0 Å². The summed E-state index contributed by atoms with van der Waals surface area (Å²) in [6.45, 7) is -0.214. The molecule has 1 aromatic carbocycles. The first-order chi connectivity index (χ1) is 11.1. The van der Waals surface area contributed by atoms with Gasteiger partial charge in [0.25, 0.3) is 0 Å². The van der Waals surface area contributed by atoms with Crippen molar-refractivity contribution >= 4 is 17.7 Å². The first-order valence-electron chi connectivity index (χ1n) is 7.75. The Morgan fingerprint density at radius 2 is 1.83 bits per heavy atom. The van der Waals surface area contributed by atoms with E-state index in [4.69, 9.17) is 5.11 Å². The minimum atomic E-state index is -0.965. The summed E-state index contributed by atoms with van der Waals surface area (Å²) in [6, 6.07) is 9.95. The number of amides is 1. The summed E-state index contributed by atoms with van der Waals surface area (Å²) in [5, 5.41) is 15.6. The molecule has 2 N–H and O–H groups in total. The van der Waals surface area contributed by atoms with Crippen molar-refractivity contribution in [2.45, 2.75) is 32.2 Å². The number of carbonyl (C=O) groups is 2. The van der Waals surface area contributed by atoms with Crippen molar-refractivity contribution < 1.29 is 14.7 Å². The number of aliphatic carboxylic acids is 1. The number of aromatic nitrogens is 2. The average Bonchev–Trinajstić information content (AvgIpc) is 2.83. The van der Waals surface area contributed by atoms with Crippen molar-refractivity contribution in [1.29, 1.82) is 0 Å². The summed E-state index contributed by atoms with van der Waals surface area (Å²) in [5.74, 6) is -0.657. The predicted octanol–water partition coefficient (Wildman–Crippen LogP) is 2.10. The number of carboxylic acid groups (broad SMARTS) is 1. The van der Waals surface area contributed by atoms with Gasteiger partial charge >= 0.3 is 5.97 Å². The van der Waals surface area contributed by atoms with E-state index in [0.29, 0.717) is 5.82 Å². The SMILES string of the molecule is O=C(O)Cn1ccc(NC(=O)C2CCc3ccccc3CC2)n1. The minimum absolute atomic E-state index is 0.0432. The zero-order valence-electron chi connectivity index (χ0n) is 12.7. The molecule has 1 aromatic heterocycles. The minimum Gasteiger partial charge on any atom is -0.480 e. The third-order valence-corrected chi connectivity index (χ3v) is 4.20. The van der Waals surface area contributed by atoms with E-state index in [2.05, 4.69) is 22.5 Å². The Bertz CT molecular complexity index is 696. The molecule has 0 atom stereocenters. The highest BCUT2D eigenvalue weighted by Gasteiger charge is 2.22. The molecule has 0 saturated carbocycles. The number of aryl methyl sites for hydroxylation is 2. The van der Waals surface area contributed by atoms with Gasteiger partial charge in [-0.1, -0.05) is 24.3 Å². The van der Waals surface area contributed by atoms with Crippen LogP contribution < -0.4 is 5.32 Å². The molecule has 0 unspecified atom stereocenters. The summed E-state index contributed by atoms with van der Waals surface area (Å²) < 4.78 is 1.29. The fourth-order valence-electron chi connectivity index (χ4n) is 2.99. The molecule has 0 aliphatic heterocycles. The number of fused-ring (bicyclic) bond motifs is 1. The molecule has 0 fully saturated rings. The van der Waals surface area contributed by atoms with Gasteiger partial charge in [-0.2, -0.15) is 5.10 Å². The topological polar surface area (TPSA) is 84.2 Å². The smallest absolute Gasteiger partial charge is 0.325 e. The Balaban J connectivity index is 1.61. The number of rotatable bonds is 4. The highest BCUT2D eigenvalue weighted by molar-refractivity contribution is 5.91. The van der Waals surface area contributed by atoms with Gasteiger partial charge in [-0.05, 0) is 36.8 Å². The van der Waals surface area contributed by atoms with Gasteiger partial charge in [0.2, 0.25) is 5.91 Å². The molecule has 23 heavy (non-hydrogen) atoms. The van der Waals surface area contributed by atoms with E-state index in [-0.39, 0.29) is 18.4 Å². The van der Waals surface area contributed by atoms with E-state index in [1.54, 1.807) is 12.3 Å². The van der Waals surface area contributed by atoms with Crippen molar-refractivity contribution in [3.63, 3.8) is 0 Å². The second-order valence-corrected chi connectivity index (χ2v) is 5.82. The van der Waals surface area contributed by atoms with Crippen LogP contribution in [0, 0.1) is 5.92 Å². The van der Waals surface area contributed by atoms with Crippen LogP contribution in [0.4, 0.5) is 5.82 Å². The second-order valence-electron chi connectivity index (χ2n) is 5.82. The Kier molecular flexibility index (Phi) is 4.41. The number of nitrogens with zero attached hydrogens (tertiary/aromatic N) is 2. The molecule has 3 rings (SSSR count). The van der Waals surface area contributed by atoms with E-state index in [9.17, 15) is 9.59 Å². The maximum absolute atomic E-state index is 12.4. The predicted molar refractivity (Wildman–Crippen MR) is 85.1 cm³/mol. The van der Waals surface area contributed by atoms with Crippen LogP contribution in [0.1, 0.15) is 24.0 Å². The normalized spacial score (nSPS) is 14.8. The molecule has 1 heterocycles. The molecule has 120 valence electrons. The molecule has 0 saturated heterocycles. The first kappa shape index (κ1) is 15.3. The van der Waals surface area contributed by atoms with Gasteiger partial charge in [-0.25, -0.2) is 0 Å². The van der Waals surface area contributed by atoms with Crippen molar-refractivity contribution in [1.82, 2.24) is 9.78 Å². The lowest BCUT2D eigenvalue weighted by Crippen LogP contribution is -2.23. The number of carbonyl (C=O) groups excluding carboxylic acids is 1. The molecule has 1 aliphatic carbocycles. The van der Waals surface area contributed by atoms with Crippen LogP contribution in [0.3, 0.4) is 0 Å². The Morgan fingerprint density at radius 1 is 1.17 bits per heavy atom. The monoisotopic (exact) mass is 313 g/mol. The maximum atomic E-state index is 12.4. The fraction of sp³-hybridized carbons (Fsp3) is 0.353. The van der Waals surface area contributed by atoms with E-state index in [0.717, 1.165) is 25.7 Å². The van der Waals surface area contributed by atoms with Crippen molar-refractivity contribution in [2.75, 3.05) is 5.32 Å². The number of anilines is 1. The Morgan fingerprint density at radius 3 is 2.43 bits per heavy atom. The molecule has 1 aliphatic rings. The maximum Gasteiger partial charge on any atom is 0.325 e. The average molecular weight is 313 g/mol. The lowest BCUT2D eigenvalue weighted by Gasteiger charge is -2.12. The third-order valence-electron chi connectivity index (χ3n) is 4.20. The largest absolute Gasteiger partial charge is 0.480 e. The number of benzene rings is 1. The van der Waals surface area contributed by atoms with Crippen LogP contribution in [0.5, 0.6) is 0 Å². The summed E-state index contributed by atoms with van der Waals surface area (Å²) in [6.07, 6.45) is 4.99. The lowest BCUT2D eigenvalue weighted by atomic mass is 9.99. The van der Waals surface area contributed by atoms with E-state index < -0.39 is 5.97 Å². The van der Waals surface area contributed by atoms with Crippen LogP contribution in [0.15, 0.2) is 36.5 Å². The van der Waals surface area contributed by atoms with Gasteiger partial charge in [-0.15, -0.1) is 0 Å². The Hall–Kier alpha value is -2.63. The van der Waals surface area contributed by atoms with Crippen LogP contribution in [0.2, 0.25) is 0 Å². The van der Waals surface area contributed by atoms with Gasteiger partial charge in [0.1, 0.15) is 6.54 Å². The molecule has 6 heteroatoms. The quantitative estimate of drug-likeness (QED) is 0.847. The molecule has 6 nitrogen and oxygen atoms in total. The van der Waals surface area contributed by atoms with Crippen molar-refractivity contribution in [3.05, 3.63) is 47.7 Å². The van der Waals surface area contributed by atoms with Crippen molar-refractivity contribution in [2.24, 2.45) is 5.92 Å². The van der Waals surface area contributed by atoms with Crippen LogP contribution in [-0.4, -0.2) is 26.8 Å². The summed E-state index contributed by atoms with van der Waals surface area (Å²) in [7, 11) is 0. The number of nitrogens with one attached hydrogen (secondary N) is 1. The van der Waals surface area contributed by atoms with Gasteiger partial charge < -0.3 is 10.4 Å². The zero-order valence-corrected chi connectivity index (χ0v) is 12.7. The second kappa shape index (κ2) is 6.64. The number of hydrogen-bond acceptors (Lipinski definition) is 3. The van der Waals surface area contributed by atoms with Gasteiger partial charge in [0.05, 0.1) is 0 Å². The molecular formula is C17H19N3O3. The zero-order chi connectivity index (χ0) is 16.2.